The number of hydrogen-bond acceptors (Lipinski definition) is 4. The summed E-state index contributed by atoms with van der Waals surface area (Å²) < 4.78 is 10.9. The van der Waals surface area contributed by atoms with Crippen LogP contribution in [-0.4, -0.2) is 28.4 Å². The zero-order valence-electron chi connectivity index (χ0n) is 15.5. The number of fused-ring (bicyclic) bond motifs is 1. The highest BCUT2D eigenvalue weighted by Crippen LogP contribution is 2.34. The zero-order chi connectivity index (χ0) is 18.3. The van der Waals surface area contributed by atoms with Gasteiger partial charge in [0.15, 0.2) is 0 Å². The standard InChI is InChI=1S/C18H26N2O4/c1-12-8-9-13-11-19(15(21)23-17(2,3)4)20(14(13)10-12)16(22)24-18(5,6)7/h8-10H,11H2,1-7H3. The highest BCUT2D eigenvalue weighted by Gasteiger charge is 2.40. The first kappa shape index (κ1) is 18.1. The van der Waals surface area contributed by atoms with Gasteiger partial charge in [-0.3, -0.25) is 0 Å². The average molecular weight is 334 g/mol. The number of carbonyl (C=O) groups is 2. The highest BCUT2D eigenvalue weighted by molar-refractivity contribution is 5.93. The first-order chi connectivity index (χ1) is 10.9. The fourth-order valence-electron chi connectivity index (χ4n) is 2.33. The van der Waals surface area contributed by atoms with Crippen molar-refractivity contribution < 1.29 is 19.1 Å². The van der Waals surface area contributed by atoms with Gasteiger partial charge in [-0.2, -0.15) is 5.01 Å². The molecule has 0 saturated carbocycles. The van der Waals surface area contributed by atoms with Gasteiger partial charge in [0.1, 0.15) is 11.2 Å². The topological polar surface area (TPSA) is 59.1 Å². The molecule has 0 radical (unpaired) electrons. The third kappa shape index (κ3) is 4.19. The van der Waals surface area contributed by atoms with E-state index in [9.17, 15) is 9.59 Å². The number of hydrogen-bond donors (Lipinski definition) is 0. The molecule has 0 bridgehead atoms. The molecule has 0 N–H and O–H groups in total. The molecule has 0 saturated heterocycles. The monoisotopic (exact) mass is 334 g/mol. The summed E-state index contributed by atoms with van der Waals surface area (Å²) in [7, 11) is 0. The lowest BCUT2D eigenvalue weighted by Gasteiger charge is -2.32. The van der Waals surface area contributed by atoms with Crippen LogP contribution >= 0.6 is 0 Å². The second-order valence-corrected chi connectivity index (χ2v) is 7.96. The van der Waals surface area contributed by atoms with Crippen molar-refractivity contribution in [1.82, 2.24) is 5.01 Å². The summed E-state index contributed by atoms with van der Waals surface area (Å²) in [5.41, 5.74) is 1.20. The number of aryl methyl sites for hydroxylation is 1. The first-order valence-electron chi connectivity index (χ1n) is 8.00. The van der Waals surface area contributed by atoms with Gasteiger partial charge in [0.05, 0.1) is 12.2 Å². The van der Waals surface area contributed by atoms with Gasteiger partial charge in [-0.25, -0.2) is 14.6 Å². The molecule has 1 heterocycles. The summed E-state index contributed by atoms with van der Waals surface area (Å²) >= 11 is 0. The molecular weight excluding hydrogens is 308 g/mol. The number of amides is 2. The minimum atomic E-state index is -0.663. The Bertz CT molecular complexity index is 656. The predicted molar refractivity (Wildman–Crippen MR) is 91.7 cm³/mol. The molecule has 6 nitrogen and oxygen atoms in total. The molecule has 0 aliphatic carbocycles. The van der Waals surface area contributed by atoms with Crippen LogP contribution in [0, 0.1) is 6.92 Å². The van der Waals surface area contributed by atoms with E-state index in [1.807, 2.05) is 25.1 Å². The number of rotatable bonds is 0. The van der Waals surface area contributed by atoms with Gasteiger partial charge in [-0.05, 0) is 65.7 Å². The van der Waals surface area contributed by atoms with Crippen molar-refractivity contribution in [3.05, 3.63) is 29.3 Å². The van der Waals surface area contributed by atoms with Crippen molar-refractivity contribution in [2.75, 3.05) is 5.01 Å². The maximum atomic E-state index is 12.7. The number of nitrogens with zero attached hydrogens (tertiary/aromatic N) is 2. The molecule has 0 unspecified atom stereocenters. The summed E-state index contributed by atoms with van der Waals surface area (Å²) in [6, 6.07) is 5.72. The van der Waals surface area contributed by atoms with E-state index < -0.39 is 23.4 Å². The molecule has 1 aliphatic heterocycles. The Balaban J connectivity index is 2.37. The summed E-state index contributed by atoms with van der Waals surface area (Å²) in [4.78, 5) is 25.2. The fraction of sp³-hybridized carbons (Fsp3) is 0.556. The highest BCUT2D eigenvalue weighted by atomic mass is 16.6. The SMILES string of the molecule is Cc1ccc2c(c1)N(C(=O)OC(C)(C)C)N(C(=O)OC(C)(C)C)C2. The number of benzene rings is 1. The van der Waals surface area contributed by atoms with Gasteiger partial charge >= 0.3 is 12.2 Å². The van der Waals surface area contributed by atoms with E-state index in [1.54, 1.807) is 41.5 Å². The van der Waals surface area contributed by atoms with E-state index in [2.05, 4.69) is 0 Å². The van der Waals surface area contributed by atoms with E-state index in [-0.39, 0.29) is 6.54 Å². The molecule has 0 aromatic heterocycles. The van der Waals surface area contributed by atoms with Crippen LogP contribution in [0.3, 0.4) is 0 Å². The second kappa shape index (κ2) is 6.00. The quantitative estimate of drug-likeness (QED) is 0.705. The maximum absolute atomic E-state index is 12.7. The molecule has 6 heteroatoms. The van der Waals surface area contributed by atoms with Crippen LogP contribution in [0.25, 0.3) is 0 Å². The molecular formula is C18H26N2O4. The largest absolute Gasteiger partial charge is 0.442 e. The van der Waals surface area contributed by atoms with Crippen molar-refractivity contribution in [2.24, 2.45) is 0 Å². The number of ether oxygens (including phenoxy) is 2. The Morgan fingerprint density at radius 1 is 0.958 bits per heavy atom. The Hall–Kier alpha value is -2.24. The number of anilines is 1. The second-order valence-electron chi connectivity index (χ2n) is 7.96. The smallest absolute Gasteiger partial charge is 0.434 e. The molecule has 132 valence electrons. The van der Waals surface area contributed by atoms with Crippen LogP contribution in [0.1, 0.15) is 52.7 Å². The fourth-order valence-corrected chi connectivity index (χ4v) is 2.33. The zero-order valence-corrected chi connectivity index (χ0v) is 15.5. The molecule has 2 amide bonds. The van der Waals surface area contributed by atoms with Crippen LogP contribution in [0.4, 0.5) is 15.3 Å². The van der Waals surface area contributed by atoms with Crippen molar-refractivity contribution in [3.63, 3.8) is 0 Å². The van der Waals surface area contributed by atoms with E-state index in [1.165, 1.54) is 10.0 Å². The molecule has 0 spiro atoms. The van der Waals surface area contributed by atoms with E-state index in [0.717, 1.165) is 11.1 Å². The minimum Gasteiger partial charge on any atom is -0.442 e. The van der Waals surface area contributed by atoms with Gasteiger partial charge in [0, 0.05) is 0 Å². The van der Waals surface area contributed by atoms with Crippen LogP contribution in [0.5, 0.6) is 0 Å². The Morgan fingerprint density at radius 2 is 1.50 bits per heavy atom. The van der Waals surface area contributed by atoms with Gasteiger partial charge in [0.25, 0.3) is 0 Å². The molecule has 1 aromatic carbocycles. The molecule has 2 rings (SSSR count). The van der Waals surface area contributed by atoms with Crippen molar-refractivity contribution in [2.45, 2.75) is 66.2 Å². The molecule has 1 aliphatic rings. The molecule has 1 aromatic rings. The van der Waals surface area contributed by atoms with Crippen LogP contribution in [0.2, 0.25) is 0 Å². The minimum absolute atomic E-state index is 0.268. The normalized spacial score (nSPS) is 14.5. The van der Waals surface area contributed by atoms with E-state index in [4.69, 9.17) is 9.47 Å². The van der Waals surface area contributed by atoms with E-state index >= 15 is 0 Å². The molecule has 0 fully saturated rings. The third-order valence-corrected chi connectivity index (χ3v) is 3.20. The van der Waals surface area contributed by atoms with Crippen molar-refractivity contribution in [1.29, 1.82) is 0 Å². The van der Waals surface area contributed by atoms with Gasteiger partial charge in [0.2, 0.25) is 0 Å². The Morgan fingerprint density at radius 3 is 2.04 bits per heavy atom. The molecule has 0 atom stereocenters. The van der Waals surface area contributed by atoms with Gasteiger partial charge < -0.3 is 9.47 Å². The van der Waals surface area contributed by atoms with Gasteiger partial charge in [-0.1, -0.05) is 12.1 Å². The first-order valence-corrected chi connectivity index (χ1v) is 8.00. The summed E-state index contributed by atoms with van der Waals surface area (Å²) in [6.45, 7) is 12.9. The van der Waals surface area contributed by atoms with E-state index in [0.29, 0.717) is 5.69 Å². The average Bonchev–Trinajstić information content (AvgIpc) is 2.73. The number of hydrazine groups is 1. The maximum Gasteiger partial charge on any atom is 0.434 e. The Kier molecular flexibility index (Phi) is 4.52. The third-order valence-electron chi connectivity index (χ3n) is 3.20. The van der Waals surface area contributed by atoms with Crippen LogP contribution in [0.15, 0.2) is 18.2 Å². The van der Waals surface area contributed by atoms with Crippen LogP contribution < -0.4 is 5.01 Å². The predicted octanol–water partition coefficient (Wildman–Crippen LogP) is 4.40. The van der Waals surface area contributed by atoms with Gasteiger partial charge in [-0.15, -0.1) is 0 Å². The lowest BCUT2D eigenvalue weighted by molar-refractivity contribution is 0.0142. The summed E-state index contributed by atoms with van der Waals surface area (Å²) in [5, 5.41) is 2.55. The van der Waals surface area contributed by atoms with Crippen molar-refractivity contribution >= 4 is 17.9 Å². The Labute approximate surface area is 143 Å². The van der Waals surface area contributed by atoms with Crippen molar-refractivity contribution in [3.8, 4) is 0 Å². The summed E-state index contributed by atoms with van der Waals surface area (Å²) in [6.07, 6.45) is -1.18. The number of carbonyl (C=O) groups excluding carboxylic acids is 2. The lowest BCUT2D eigenvalue weighted by atomic mass is 10.1. The summed E-state index contributed by atoms with van der Waals surface area (Å²) in [5.74, 6) is 0. The van der Waals surface area contributed by atoms with Crippen LogP contribution in [-0.2, 0) is 16.0 Å². The molecule has 24 heavy (non-hydrogen) atoms. The lowest BCUT2D eigenvalue weighted by Crippen LogP contribution is -2.49.